The third-order valence-corrected chi connectivity index (χ3v) is 5.24. The van der Waals surface area contributed by atoms with Gasteiger partial charge in [0.1, 0.15) is 29.1 Å². The van der Waals surface area contributed by atoms with Crippen molar-refractivity contribution in [3.8, 4) is 23.0 Å². The quantitative estimate of drug-likeness (QED) is 0.184. The zero-order valence-electron chi connectivity index (χ0n) is 19.1. The summed E-state index contributed by atoms with van der Waals surface area (Å²) in [6.07, 6.45) is 4.29. The molecule has 3 aromatic carbocycles. The standard InChI is InChI=1S/C28H24O6/c1-18(2)20-7-4-19(5-8-20)6-15-27(29)34-23-13-14-24-25(16-23)32-17-26(28(24)30)33-22-11-9-21(31-3)10-12-22/h4-18H,1-3H3. The van der Waals surface area contributed by atoms with Crippen LogP contribution in [0.1, 0.15) is 30.9 Å². The van der Waals surface area contributed by atoms with Crippen molar-refractivity contribution in [3.05, 3.63) is 100 Å². The van der Waals surface area contributed by atoms with Crippen LogP contribution in [0.3, 0.4) is 0 Å². The lowest BCUT2D eigenvalue weighted by Gasteiger charge is -2.07. The summed E-state index contributed by atoms with van der Waals surface area (Å²) in [5.74, 6) is 1.38. The molecule has 6 nitrogen and oxygen atoms in total. The Labute approximate surface area is 197 Å². The number of hydrogen-bond donors (Lipinski definition) is 0. The molecule has 0 fully saturated rings. The zero-order chi connectivity index (χ0) is 24.1. The van der Waals surface area contributed by atoms with Gasteiger partial charge in [-0.25, -0.2) is 4.79 Å². The SMILES string of the molecule is COc1ccc(Oc2coc3cc(OC(=O)C=Cc4ccc(C(C)C)cc4)ccc3c2=O)cc1. The van der Waals surface area contributed by atoms with E-state index in [2.05, 4.69) is 13.8 Å². The minimum absolute atomic E-state index is 0.0498. The Balaban J connectivity index is 1.46. The molecule has 0 N–H and O–H groups in total. The van der Waals surface area contributed by atoms with Crippen LogP contribution in [-0.2, 0) is 4.79 Å². The van der Waals surface area contributed by atoms with Crippen molar-refractivity contribution in [2.75, 3.05) is 7.11 Å². The Bertz CT molecular complexity index is 1380. The molecule has 0 aliphatic rings. The molecule has 0 aliphatic carbocycles. The second-order valence-corrected chi connectivity index (χ2v) is 7.94. The fourth-order valence-corrected chi connectivity index (χ4v) is 3.30. The number of fused-ring (bicyclic) bond motifs is 1. The monoisotopic (exact) mass is 456 g/mol. The summed E-state index contributed by atoms with van der Waals surface area (Å²) in [4.78, 5) is 25.0. The van der Waals surface area contributed by atoms with Crippen LogP contribution in [0.15, 0.2) is 88.3 Å². The molecule has 0 amide bonds. The molecule has 0 spiro atoms. The van der Waals surface area contributed by atoms with Crippen LogP contribution >= 0.6 is 0 Å². The van der Waals surface area contributed by atoms with E-state index in [9.17, 15) is 9.59 Å². The molecule has 0 saturated heterocycles. The van der Waals surface area contributed by atoms with Crippen molar-refractivity contribution in [2.24, 2.45) is 0 Å². The molecule has 0 aliphatic heterocycles. The Morgan fingerprint density at radius 1 is 0.912 bits per heavy atom. The average Bonchev–Trinajstić information content (AvgIpc) is 2.85. The molecule has 172 valence electrons. The highest BCUT2D eigenvalue weighted by Crippen LogP contribution is 2.25. The van der Waals surface area contributed by atoms with Crippen molar-refractivity contribution < 1.29 is 23.4 Å². The second-order valence-electron chi connectivity index (χ2n) is 7.94. The molecule has 0 unspecified atom stereocenters. The number of methoxy groups -OCH3 is 1. The highest BCUT2D eigenvalue weighted by molar-refractivity contribution is 5.89. The third kappa shape index (κ3) is 5.35. The van der Waals surface area contributed by atoms with Gasteiger partial charge in [0.2, 0.25) is 11.2 Å². The first-order valence-corrected chi connectivity index (χ1v) is 10.8. The van der Waals surface area contributed by atoms with Crippen LogP contribution in [0.25, 0.3) is 17.0 Å². The van der Waals surface area contributed by atoms with Crippen molar-refractivity contribution in [3.63, 3.8) is 0 Å². The lowest BCUT2D eigenvalue weighted by Crippen LogP contribution is -2.06. The number of rotatable bonds is 7. The van der Waals surface area contributed by atoms with Gasteiger partial charge >= 0.3 is 5.97 Å². The first-order valence-electron chi connectivity index (χ1n) is 10.8. The highest BCUT2D eigenvalue weighted by atomic mass is 16.5. The van der Waals surface area contributed by atoms with Gasteiger partial charge in [-0.3, -0.25) is 4.79 Å². The number of hydrogen-bond acceptors (Lipinski definition) is 6. The minimum atomic E-state index is -0.533. The number of benzene rings is 3. The molecule has 1 aromatic heterocycles. The number of esters is 1. The summed E-state index contributed by atoms with van der Waals surface area (Å²) in [7, 11) is 1.57. The molecule has 4 aromatic rings. The minimum Gasteiger partial charge on any atom is -0.497 e. The molecule has 0 radical (unpaired) electrons. The lowest BCUT2D eigenvalue weighted by atomic mass is 10.0. The first kappa shape index (κ1) is 22.9. The van der Waals surface area contributed by atoms with Crippen molar-refractivity contribution in [1.29, 1.82) is 0 Å². The van der Waals surface area contributed by atoms with Gasteiger partial charge in [-0.05, 0) is 59.5 Å². The van der Waals surface area contributed by atoms with E-state index in [4.69, 9.17) is 18.6 Å². The molecule has 6 heteroatoms. The maximum Gasteiger partial charge on any atom is 0.336 e. The summed E-state index contributed by atoms with van der Waals surface area (Å²) in [6, 6.07) is 19.4. The van der Waals surface area contributed by atoms with E-state index in [-0.39, 0.29) is 22.5 Å². The lowest BCUT2D eigenvalue weighted by molar-refractivity contribution is -0.128. The Morgan fingerprint density at radius 3 is 2.26 bits per heavy atom. The molecule has 0 bridgehead atoms. The van der Waals surface area contributed by atoms with E-state index in [1.165, 1.54) is 24.0 Å². The van der Waals surface area contributed by atoms with Crippen LogP contribution in [0, 0.1) is 0 Å². The van der Waals surface area contributed by atoms with Gasteiger partial charge in [0.15, 0.2) is 0 Å². The van der Waals surface area contributed by atoms with E-state index < -0.39 is 5.97 Å². The van der Waals surface area contributed by atoms with Gasteiger partial charge < -0.3 is 18.6 Å². The van der Waals surface area contributed by atoms with Crippen LogP contribution in [0.2, 0.25) is 0 Å². The highest BCUT2D eigenvalue weighted by Gasteiger charge is 2.11. The third-order valence-electron chi connectivity index (χ3n) is 5.24. The molecular formula is C28H24O6. The van der Waals surface area contributed by atoms with Crippen molar-refractivity contribution >= 4 is 23.0 Å². The van der Waals surface area contributed by atoms with E-state index in [0.29, 0.717) is 22.8 Å². The van der Waals surface area contributed by atoms with E-state index in [1.807, 2.05) is 24.3 Å². The van der Waals surface area contributed by atoms with Crippen molar-refractivity contribution in [1.82, 2.24) is 0 Å². The van der Waals surface area contributed by atoms with Gasteiger partial charge in [0, 0.05) is 12.1 Å². The van der Waals surface area contributed by atoms with Crippen LogP contribution in [0.5, 0.6) is 23.0 Å². The van der Waals surface area contributed by atoms with Gasteiger partial charge in [-0.2, -0.15) is 0 Å². The first-order chi connectivity index (χ1) is 16.4. The summed E-state index contributed by atoms with van der Waals surface area (Å²) in [5.41, 5.74) is 2.08. The fraction of sp³-hybridized carbons (Fsp3) is 0.143. The van der Waals surface area contributed by atoms with Crippen LogP contribution in [-0.4, -0.2) is 13.1 Å². The van der Waals surface area contributed by atoms with Crippen LogP contribution < -0.4 is 19.6 Å². The Morgan fingerprint density at radius 2 is 1.59 bits per heavy atom. The van der Waals surface area contributed by atoms with Gasteiger partial charge in [-0.1, -0.05) is 38.1 Å². The van der Waals surface area contributed by atoms with Crippen molar-refractivity contribution in [2.45, 2.75) is 19.8 Å². The maximum absolute atomic E-state index is 12.8. The summed E-state index contributed by atoms with van der Waals surface area (Å²) in [6.45, 7) is 4.26. The zero-order valence-corrected chi connectivity index (χ0v) is 19.1. The summed E-state index contributed by atoms with van der Waals surface area (Å²) >= 11 is 0. The maximum atomic E-state index is 12.8. The molecular weight excluding hydrogens is 432 g/mol. The molecule has 4 rings (SSSR count). The van der Waals surface area contributed by atoms with Gasteiger partial charge in [0.05, 0.1) is 12.5 Å². The number of ether oxygens (including phenoxy) is 3. The topological polar surface area (TPSA) is 75.0 Å². The summed E-state index contributed by atoms with van der Waals surface area (Å²) in [5, 5.41) is 0.312. The summed E-state index contributed by atoms with van der Waals surface area (Å²) < 4.78 is 21.7. The Kier molecular flexibility index (Phi) is 6.78. The molecule has 0 atom stereocenters. The molecule has 1 heterocycles. The number of carbonyl (C=O) groups is 1. The number of carbonyl (C=O) groups excluding carboxylic acids is 1. The smallest absolute Gasteiger partial charge is 0.336 e. The molecule has 0 saturated carbocycles. The normalized spacial score (nSPS) is 11.2. The van der Waals surface area contributed by atoms with E-state index in [1.54, 1.807) is 49.6 Å². The second kappa shape index (κ2) is 10.1. The van der Waals surface area contributed by atoms with Gasteiger partial charge in [-0.15, -0.1) is 0 Å². The molecule has 34 heavy (non-hydrogen) atoms. The van der Waals surface area contributed by atoms with Crippen LogP contribution in [0.4, 0.5) is 0 Å². The predicted molar refractivity (Wildman–Crippen MR) is 131 cm³/mol. The largest absolute Gasteiger partial charge is 0.497 e. The van der Waals surface area contributed by atoms with E-state index >= 15 is 0 Å². The van der Waals surface area contributed by atoms with Gasteiger partial charge in [0.25, 0.3) is 0 Å². The average molecular weight is 456 g/mol. The predicted octanol–water partition coefficient (Wildman–Crippen LogP) is 6.34. The van der Waals surface area contributed by atoms with E-state index in [0.717, 1.165) is 5.56 Å². The Hall–Kier alpha value is -4.32. The fourth-order valence-electron chi connectivity index (χ4n) is 3.30.